The standard InChI is InChI=1S/C15H18ClFN2O2/c1-4-15(5-2)14(21)19(9(3)13(20)18-15)12-7-6-10(17)8-11(12)16/h6-9H,4-5H2,1-3H3,(H,18,20). The van der Waals surface area contributed by atoms with Gasteiger partial charge in [0.05, 0.1) is 10.7 Å². The minimum absolute atomic E-state index is 0.117. The summed E-state index contributed by atoms with van der Waals surface area (Å²) in [6, 6.07) is 3.11. The predicted molar refractivity (Wildman–Crippen MR) is 79.8 cm³/mol. The molecule has 6 heteroatoms. The Balaban J connectivity index is 2.53. The fourth-order valence-corrected chi connectivity index (χ4v) is 2.90. The fourth-order valence-electron chi connectivity index (χ4n) is 2.64. The summed E-state index contributed by atoms with van der Waals surface area (Å²) in [5.41, 5.74) is -0.571. The van der Waals surface area contributed by atoms with Crippen molar-refractivity contribution in [3.05, 3.63) is 29.0 Å². The number of hydrogen-bond acceptors (Lipinski definition) is 2. The van der Waals surface area contributed by atoms with Crippen molar-refractivity contribution in [2.45, 2.75) is 45.2 Å². The number of rotatable bonds is 3. The molecule has 0 radical (unpaired) electrons. The second-order valence-electron chi connectivity index (χ2n) is 5.23. The van der Waals surface area contributed by atoms with Gasteiger partial charge in [0.25, 0.3) is 5.91 Å². The summed E-state index contributed by atoms with van der Waals surface area (Å²) in [6.45, 7) is 5.33. The molecule has 1 fully saturated rings. The van der Waals surface area contributed by atoms with Gasteiger partial charge in [-0.1, -0.05) is 25.4 Å². The van der Waals surface area contributed by atoms with E-state index in [1.807, 2.05) is 13.8 Å². The first-order chi connectivity index (χ1) is 9.86. The van der Waals surface area contributed by atoms with Gasteiger partial charge in [-0.3, -0.25) is 14.5 Å². The molecule has 0 bridgehead atoms. The molecule has 0 aromatic heterocycles. The van der Waals surface area contributed by atoms with Crippen LogP contribution in [-0.2, 0) is 9.59 Å². The summed E-state index contributed by atoms with van der Waals surface area (Å²) < 4.78 is 13.2. The number of benzene rings is 1. The van der Waals surface area contributed by atoms with E-state index in [9.17, 15) is 14.0 Å². The van der Waals surface area contributed by atoms with Gasteiger partial charge in [0.15, 0.2) is 0 Å². The van der Waals surface area contributed by atoms with Crippen LogP contribution in [0.15, 0.2) is 18.2 Å². The first kappa shape index (κ1) is 15.8. The van der Waals surface area contributed by atoms with Gasteiger partial charge in [0.2, 0.25) is 5.91 Å². The number of nitrogens with one attached hydrogen (secondary N) is 1. The minimum atomic E-state index is -0.929. The molecule has 1 atom stereocenters. The molecular formula is C15H18ClFN2O2. The van der Waals surface area contributed by atoms with E-state index in [0.29, 0.717) is 18.5 Å². The van der Waals surface area contributed by atoms with Gasteiger partial charge in [-0.05, 0) is 38.0 Å². The van der Waals surface area contributed by atoms with Crippen molar-refractivity contribution in [3.8, 4) is 0 Å². The van der Waals surface area contributed by atoms with E-state index in [2.05, 4.69) is 5.32 Å². The third-order valence-corrected chi connectivity index (χ3v) is 4.44. The average Bonchev–Trinajstić information content (AvgIpc) is 2.45. The number of hydrogen-bond donors (Lipinski definition) is 1. The molecule has 1 aromatic rings. The molecule has 1 heterocycles. The summed E-state index contributed by atoms with van der Waals surface area (Å²) in [5.74, 6) is -0.936. The maximum atomic E-state index is 13.2. The molecule has 114 valence electrons. The summed E-state index contributed by atoms with van der Waals surface area (Å²) in [4.78, 5) is 26.4. The summed E-state index contributed by atoms with van der Waals surface area (Å²) in [7, 11) is 0. The third kappa shape index (κ3) is 2.50. The molecule has 1 unspecified atom stereocenters. The Labute approximate surface area is 128 Å². The monoisotopic (exact) mass is 312 g/mol. The van der Waals surface area contributed by atoms with Crippen molar-refractivity contribution < 1.29 is 14.0 Å². The summed E-state index contributed by atoms with van der Waals surface area (Å²) in [5, 5.41) is 2.93. The lowest BCUT2D eigenvalue weighted by atomic mass is 9.87. The quantitative estimate of drug-likeness (QED) is 0.933. The van der Waals surface area contributed by atoms with E-state index >= 15 is 0 Å². The maximum Gasteiger partial charge on any atom is 0.253 e. The molecule has 1 saturated heterocycles. The van der Waals surface area contributed by atoms with Crippen LogP contribution in [0.1, 0.15) is 33.6 Å². The first-order valence-electron chi connectivity index (χ1n) is 6.97. The second-order valence-corrected chi connectivity index (χ2v) is 5.63. The second kappa shape index (κ2) is 5.64. The normalized spacial score (nSPS) is 21.4. The molecule has 1 aromatic carbocycles. The zero-order chi connectivity index (χ0) is 15.8. The molecule has 1 N–H and O–H groups in total. The van der Waals surface area contributed by atoms with Crippen molar-refractivity contribution in [2.24, 2.45) is 0 Å². The third-order valence-electron chi connectivity index (χ3n) is 4.13. The van der Waals surface area contributed by atoms with E-state index in [1.165, 1.54) is 17.0 Å². The van der Waals surface area contributed by atoms with Crippen molar-refractivity contribution in [2.75, 3.05) is 4.90 Å². The van der Waals surface area contributed by atoms with Gasteiger partial charge in [-0.25, -0.2) is 4.39 Å². The Morgan fingerprint density at radius 1 is 1.33 bits per heavy atom. The number of carbonyl (C=O) groups is 2. The summed E-state index contributed by atoms with van der Waals surface area (Å²) in [6.07, 6.45) is 0.964. The fraction of sp³-hybridized carbons (Fsp3) is 0.467. The van der Waals surface area contributed by atoms with Gasteiger partial charge in [-0.15, -0.1) is 0 Å². The van der Waals surface area contributed by atoms with E-state index < -0.39 is 17.4 Å². The van der Waals surface area contributed by atoms with Crippen LogP contribution in [0.25, 0.3) is 0 Å². The molecule has 2 amide bonds. The molecular weight excluding hydrogens is 295 g/mol. The van der Waals surface area contributed by atoms with Crippen molar-refractivity contribution in [3.63, 3.8) is 0 Å². The van der Waals surface area contributed by atoms with Crippen LogP contribution in [-0.4, -0.2) is 23.4 Å². The molecule has 1 aliphatic heterocycles. The largest absolute Gasteiger partial charge is 0.340 e. The zero-order valence-electron chi connectivity index (χ0n) is 12.2. The van der Waals surface area contributed by atoms with Crippen LogP contribution >= 0.6 is 11.6 Å². The Morgan fingerprint density at radius 3 is 2.48 bits per heavy atom. The maximum absolute atomic E-state index is 13.2. The van der Waals surface area contributed by atoms with Crippen molar-refractivity contribution in [1.29, 1.82) is 0 Å². The van der Waals surface area contributed by atoms with Gasteiger partial charge < -0.3 is 5.32 Å². The highest BCUT2D eigenvalue weighted by Crippen LogP contribution is 2.34. The van der Waals surface area contributed by atoms with E-state index in [1.54, 1.807) is 6.92 Å². The van der Waals surface area contributed by atoms with Crippen LogP contribution in [0.2, 0.25) is 5.02 Å². The van der Waals surface area contributed by atoms with Gasteiger partial charge >= 0.3 is 0 Å². The Kier molecular flexibility index (Phi) is 4.23. The topological polar surface area (TPSA) is 49.4 Å². The Morgan fingerprint density at radius 2 is 1.95 bits per heavy atom. The predicted octanol–water partition coefficient (Wildman–Crippen LogP) is 2.89. The highest BCUT2D eigenvalue weighted by atomic mass is 35.5. The van der Waals surface area contributed by atoms with Gasteiger partial charge in [0, 0.05) is 0 Å². The van der Waals surface area contributed by atoms with Crippen molar-refractivity contribution >= 4 is 29.1 Å². The number of piperazine rings is 1. The van der Waals surface area contributed by atoms with Gasteiger partial charge in [0.1, 0.15) is 17.4 Å². The number of carbonyl (C=O) groups excluding carboxylic acids is 2. The lowest BCUT2D eigenvalue weighted by Crippen LogP contribution is -2.69. The van der Waals surface area contributed by atoms with Crippen molar-refractivity contribution in [1.82, 2.24) is 5.32 Å². The van der Waals surface area contributed by atoms with Crippen LogP contribution in [0, 0.1) is 5.82 Å². The molecule has 0 spiro atoms. The molecule has 4 nitrogen and oxygen atoms in total. The smallest absolute Gasteiger partial charge is 0.253 e. The van der Waals surface area contributed by atoms with Crippen LogP contribution in [0.3, 0.4) is 0 Å². The summed E-state index contributed by atoms with van der Waals surface area (Å²) >= 11 is 6.06. The number of halogens is 2. The highest BCUT2D eigenvalue weighted by molar-refractivity contribution is 6.34. The van der Waals surface area contributed by atoms with Gasteiger partial charge in [-0.2, -0.15) is 0 Å². The van der Waals surface area contributed by atoms with E-state index in [0.717, 1.165) is 6.07 Å². The first-order valence-corrected chi connectivity index (χ1v) is 7.34. The lowest BCUT2D eigenvalue weighted by molar-refractivity contribution is -0.138. The Hall–Kier alpha value is -1.62. The molecule has 0 saturated carbocycles. The minimum Gasteiger partial charge on any atom is -0.340 e. The number of nitrogens with zero attached hydrogens (tertiary/aromatic N) is 1. The SMILES string of the molecule is CCC1(CC)NC(=O)C(C)N(c2ccc(F)cc2Cl)C1=O. The number of anilines is 1. The molecule has 1 aliphatic rings. The number of amides is 2. The molecule has 0 aliphatic carbocycles. The van der Waals surface area contributed by atoms with Crippen LogP contribution in [0.4, 0.5) is 10.1 Å². The van der Waals surface area contributed by atoms with Crippen LogP contribution < -0.4 is 10.2 Å². The highest BCUT2D eigenvalue weighted by Gasteiger charge is 2.48. The molecule has 21 heavy (non-hydrogen) atoms. The lowest BCUT2D eigenvalue weighted by Gasteiger charge is -2.44. The van der Waals surface area contributed by atoms with E-state index in [4.69, 9.17) is 11.6 Å². The molecule has 2 rings (SSSR count). The zero-order valence-corrected chi connectivity index (χ0v) is 13.0. The van der Waals surface area contributed by atoms with Crippen LogP contribution in [0.5, 0.6) is 0 Å². The van der Waals surface area contributed by atoms with E-state index in [-0.39, 0.29) is 16.8 Å². The average molecular weight is 313 g/mol. The Bertz CT molecular complexity index is 587.